The molecule has 0 spiro atoms. The Balaban J connectivity index is 2.27. The van der Waals surface area contributed by atoms with E-state index in [1.165, 1.54) is 4.88 Å². The fraction of sp³-hybridized carbons (Fsp3) is 0.333. The third-order valence-electron chi connectivity index (χ3n) is 1.75. The van der Waals surface area contributed by atoms with E-state index < -0.39 is 0 Å². The highest BCUT2D eigenvalue weighted by Crippen LogP contribution is 2.12. The maximum atomic E-state index is 4.40. The summed E-state index contributed by atoms with van der Waals surface area (Å²) < 4.78 is 0. The second-order valence-electron chi connectivity index (χ2n) is 2.93. The fourth-order valence-electron chi connectivity index (χ4n) is 1.27. The highest BCUT2D eigenvalue weighted by molar-refractivity contribution is 7.12. The Morgan fingerprint density at radius 2 is 2.31 bits per heavy atom. The fourth-order valence-corrected chi connectivity index (χ4v) is 1.95. The van der Waals surface area contributed by atoms with Crippen molar-refractivity contribution in [3.8, 4) is 0 Å². The molecule has 2 rings (SSSR count). The van der Waals surface area contributed by atoms with E-state index in [1.54, 1.807) is 11.3 Å². The molecule has 13 heavy (non-hydrogen) atoms. The second-order valence-corrected chi connectivity index (χ2v) is 3.87. The number of hydrogen-bond donors (Lipinski definition) is 1. The lowest BCUT2D eigenvalue weighted by atomic mass is 10.4. The van der Waals surface area contributed by atoms with Crippen LogP contribution in [0.2, 0.25) is 0 Å². The summed E-state index contributed by atoms with van der Waals surface area (Å²) in [5.41, 5.74) is 0. The maximum Gasteiger partial charge on any atom is 0.146 e. The number of aliphatic imine (C=N–C) groups is 2. The number of rotatable bonds is 1. The zero-order valence-electron chi connectivity index (χ0n) is 7.61. The van der Waals surface area contributed by atoms with Crippen LogP contribution < -0.4 is 5.32 Å². The van der Waals surface area contributed by atoms with Crippen LogP contribution in [-0.4, -0.2) is 17.8 Å². The number of amidine groups is 2. The molecular weight excluding hydrogens is 182 g/mol. The average Bonchev–Trinajstić information content (AvgIpc) is 2.53. The minimum absolute atomic E-state index is 0.0401. The van der Waals surface area contributed by atoms with Gasteiger partial charge in [-0.15, -0.1) is 11.3 Å². The van der Waals surface area contributed by atoms with E-state index in [-0.39, 0.29) is 6.17 Å². The van der Waals surface area contributed by atoms with Gasteiger partial charge < -0.3 is 5.32 Å². The quantitative estimate of drug-likeness (QED) is 0.726. The molecule has 0 aliphatic carbocycles. The highest BCUT2D eigenvalue weighted by atomic mass is 32.1. The first-order valence-corrected chi connectivity index (χ1v) is 5.07. The van der Waals surface area contributed by atoms with Crippen molar-refractivity contribution in [3.63, 3.8) is 0 Å². The van der Waals surface area contributed by atoms with Gasteiger partial charge in [0, 0.05) is 0 Å². The van der Waals surface area contributed by atoms with E-state index in [9.17, 15) is 0 Å². The Bertz CT molecular complexity index is 351. The molecule has 1 aliphatic heterocycles. The number of nitrogens with zero attached hydrogens (tertiary/aromatic N) is 2. The van der Waals surface area contributed by atoms with Crippen molar-refractivity contribution in [1.82, 2.24) is 5.32 Å². The van der Waals surface area contributed by atoms with E-state index in [1.807, 2.05) is 25.3 Å². The lowest BCUT2D eigenvalue weighted by molar-refractivity contribution is 0.770. The van der Waals surface area contributed by atoms with Crippen LogP contribution in [0.1, 0.15) is 18.7 Å². The molecule has 0 amide bonds. The lowest BCUT2D eigenvalue weighted by Crippen LogP contribution is -2.34. The van der Waals surface area contributed by atoms with Gasteiger partial charge in [-0.25, -0.2) is 9.98 Å². The molecular formula is C9H11N3S. The zero-order valence-corrected chi connectivity index (χ0v) is 8.43. The Kier molecular flexibility index (Phi) is 2.14. The summed E-state index contributed by atoms with van der Waals surface area (Å²) in [6.45, 7) is 3.94. The number of nitrogens with one attached hydrogen (secondary N) is 1. The molecule has 3 nitrogen and oxygen atoms in total. The molecule has 0 aromatic carbocycles. The topological polar surface area (TPSA) is 36.8 Å². The molecule has 1 aliphatic rings. The Hall–Kier alpha value is -1.16. The van der Waals surface area contributed by atoms with Crippen molar-refractivity contribution < 1.29 is 0 Å². The van der Waals surface area contributed by atoms with Gasteiger partial charge in [-0.1, -0.05) is 6.07 Å². The van der Waals surface area contributed by atoms with Crippen molar-refractivity contribution in [1.29, 1.82) is 0 Å². The molecule has 1 atom stereocenters. The molecule has 1 aromatic rings. The molecule has 0 radical (unpaired) electrons. The molecule has 1 unspecified atom stereocenters. The molecule has 2 heterocycles. The summed E-state index contributed by atoms with van der Waals surface area (Å²) >= 11 is 1.69. The van der Waals surface area contributed by atoms with Gasteiger partial charge in [-0.2, -0.15) is 0 Å². The molecule has 1 aromatic heterocycles. The smallest absolute Gasteiger partial charge is 0.146 e. The Labute approximate surface area is 81.2 Å². The first-order chi connectivity index (χ1) is 6.25. The van der Waals surface area contributed by atoms with Crippen LogP contribution in [0.4, 0.5) is 0 Å². The van der Waals surface area contributed by atoms with E-state index in [0.29, 0.717) is 0 Å². The molecule has 0 fully saturated rings. The van der Waals surface area contributed by atoms with Gasteiger partial charge in [-0.05, 0) is 25.3 Å². The first-order valence-electron chi connectivity index (χ1n) is 4.19. The van der Waals surface area contributed by atoms with Gasteiger partial charge in [0.15, 0.2) is 0 Å². The van der Waals surface area contributed by atoms with E-state index in [4.69, 9.17) is 0 Å². The number of hydrogen-bond acceptors (Lipinski definition) is 4. The van der Waals surface area contributed by atoms with Crippen molar-refractivity contribution >= 4 is 23.0 Å². The minimum atomic E-state index is 0.0401. The number of thiophene rings is 1. The Morgan fingerprint density at radius 3 is 2.92 bits per heavy atom. The lowest BCUT2D eigenvalue weighted by Gasteiger charge is -2.15. The molecule has 68 valence electrons. The summed E-state index contributed by atoms with van der Waals surface area (Å²) in [7, 11) is 0. The summed E-state index contributed by atoms with van der Waals surface area (Å²) in [4.78, 5) is 9.84. The zero-order chi connectivity index (χ0) is 9.26. The normalized spacial score (nSPS) is 21.8. The van der Waals surface area contributed by atoms with E-state index in [2.05, 4.69) is 21.4 Å². The van der Waals surface area contributed by atoms with Gasteiger partial charge in [0.2, 0.25) is 0 Å². The summed E-state index contributed by atoms with van der Waals surface area (Å²) in [5, 5.41) is 5.21. The second kappa shape index (κ2) is 3.30. The highest BCUT2D eigenvalue weighted by Gasteiger charge is 2.11. The van der Waals surface area contributed by atoms with Crippen LogP contribution in [0, 0.1) is 0 Å². The summed E-state index contributed by atoms with van der Waals surface area (Å²) in [6, 6.07) is 4.08. The van der Waals surface area contributed by atoms with Crippen molar-refractivity contribution in [3.05, 3.63) is 22.4 Å². The Morgan fingerprint density at radius 1 is 1.46 bits per heavy atom. The largest absolute Gasteiger partial charge is 0.328 e. The maximum absolute atomic E-state index is 4.40. The van der Waals surface area contributed by atoms with Gasteiger partial charge in [0.05, 0.1) is 4.88 Å². The predicted molar refractivity (Wildman–Crippen MR) is 56.6 cm³/mol. The summed E-state index contributed by atoms with van der Waals surface area (Å²) in [6.07, 6.45) is 0.0401. The average molecular weight is 193 g/mol. The van der Waals surface area contributed by atoms with Crippen molar-refractivity contribution in [2.24, 2.45) is 9.98 Å². The molecule has 0 bridgehead atoms. The predicted octanol–water partition coefficient (Wildman–Crippen LogP) is 1.86. The van der Waals surface area contributed by atoms with E-state index >= 15 is 0 Å². The van der Waals surface area contributed by atoms with Crippen molar-refractivity contribution in [2.75, 3.05) is 0 Å². The van der Waals surface area contributed by atoms with Gasteiger partial charge in [0.1, 0.15) is 17.8 Å². The van der Waals surface area contributed by atoms with Crippen LogP contribution >= 0.6 is 11.3 Å². The molecule has 0 saturated carbocycles. The van der Waals surface area contributed by atoms with Crippen LogP contribution in [0.25, 0.3) is 0 Å². The van der Waals surface area contributed by atoms with Gasteiger partial charge in [0.25, 0.3) is 0 Å². The minimum Gasteiger partial charge on any atom is -0.328 e. The van der Waals surface area contributed by atoms with Crippen LogP contribution in [0.15, 0.2) is 27.5 Å². The summed E-state index contributed by atoms with van der Waals surface area (Å²) in [5.74, 6) is 1.88. The first kappa shape index (κ1) is 8.44. The van der Waals surface area contributed by atoms with Crippen molar-refractivity contribution in [2.45, 2.75) is 20.0 Å². The van der Waals surface area contributed by atoms with E-state index in [0.717, 1.165) is 11.7 Å². The molecule has 4 heteroatoms. The SMILES string of the molecule is CC1=NC(C)N=C(c2cccs2)N1. The third kappa shape index (κ3) is 1.78. The van der Waals surface area contributed by atoms with Gasteiger partial charge in [-0.3, -0.25) is 0 Å². The van der Waals surface area contributed by atoms with Crippen LogP contribution in [0.3, 0.4) is 0 Å². The molecule has 1 N–H and O–H groups in total. The third-order valence-corrected chi connectivity index (χ3v) is 2.63. The van der Waals surface area contributed by atoms with Crippen LogP contribution in [0.5, 0.6) is 0 Å². The van der Waals surface area contributed by atoms with Crippen LogP contribution in [-0.2, 0) is 0 Å². The van der Waals surface area contributed by atoms with Gasteiger partial charge >= 0.3 is 0 Å². The monoisotopic (exact) mass is 193 g/mol. The molecule has 0 saturated heterocycles. The standard InChI is InChI=1S/C9H11N3S/c1-6-10-7(2)12-9(11-6)8-4-3-5-13-8/h3-6H,1-2H3,(H,10,11,12).